The highest BCUT2D eigenvalue weighted by Crippen LogP contribution is 2.34. The average molecular weight is 270 g/mol. The molecule has 2 N–H and O–H groups in total. The molecule has 0 bridgehead atoms. The van der Waals surface area contributed by atoms with Crippen LogP contribution in [0.15, 0.2) is 24.3 Å². The monoisotopic (exact) mass is 270 g/mol. The Kier molecular flexibility index (Phi) is 2.70. The Morgan fingerprint density at radius 3 is 2.75 bits per heavy atom. The summed E-state index contributed by atoms with van der Waals surface area (Å²) in [5.74, 6) is 0.783. The molecule has 1 saturated carbocycles. The van der Waals surface area contributed by atoms with Gasteiger partial charge in [0.05, 0.1) is 6.04 Å². The first-order valence-electron chi connectivity index (χ1n) is 7.20. The second-order valence-corrected chi connectivity index (χ2v) is 5.70. The van der Waals surface area contributed by atoms with Crippen molar-refractivity contribution in [1.29, 1.82) is 0 Å². The Labute approximate surface area is 117 Å². The smallest absolute Gasteiger partial charge is 0.184 e. The first-order valence-corrected chi connectivity index (χ1v) is 7.20. The molecule has 2 heterocycles. The van der Waals surface area contributed by atoms with Gasteiger partial charge in [0.2, 0.25) is 0 Å². The number of hydrogen-bond acceptors (Lipinski definition) is 5. The minimum absolute atomic E-state index is 0.361. The molecule has 1 aromatic heterocycles. The van der Waals surface area contributed by atoms with E-state index in [4.69, 9.17) is 5.73 Å². The summed E-state index contributed by atoms with van der Waals surface area (Å²) < 4.78 is 1.95. The highest BCUT2D eigenvalue weighted by molar-refractivity contribution is 5.71. The Balaban J connectivity index is 1.64. The molecular weight excluding hydrogens is 252 g/mol. The van der Waals surface area contributed by atoms with Gasteiger partial charge in [0.15, 0.2) is 5.82 Å². The number of nitrogen functional groups attached to an aromatic ring is 1. The van der Waals surface area contributed by atoms with Crippen LogP contribution in [-0.4, -0.2) is 44.2 Å². The van der Waals surface area contributed by atoms with E-state index in [1.54, 1.807) is 0 Å². The maximum atomic E-state index is 6.05. The molecule has 6 heteroatoms. The summed E-state index contributed by atoms with van der Waals surface area (Å²) in [7, 11) is 0. The van der Waals surface area contributed by atoms with Crippen LogP contribution in [0.1, 0.15) is 25.3 Å². The second kappa shape index (κ2) is 4.56. The van der Waals surface area contributed by atoms with Crippen LogP contribution in [0.3, 0.4) is 0 Å². The van der Waals surface area contributed by atoms with Gasteiger partial charge in [0, 0.05) is 30.4 Å². The predicted molar refractivity (Wildman–Crippen MR) is 75.9 cm³/mol. The van der Waals surface area contributed by atoms with E-state index in [1.807, 2.05) is 28.9 Å². The van der Waals surface area contributed by atoms with Crippen LogP contribution in [-0.2, 0) is 0 Å². The van der Waals surface area contributed by atoms with E-state index < -0.39 is 0 Å². The van der Waals surface area contributed by atoms with Gasteiger partial charge >= 0.3 is 0 Å². The van der Waals surface area contributed by atoms with Gasteiger partial charge in [-0.25, -0.2) is 4.68 Å². The van der Waals surface area contributed by atoms with Gasteiger partial charge in [-0.2, -0.15) is 0 Å². The van der Waals surface area contributed by atoms with Crippen molar-refractivity contribution < 1.29 is 0 Å². The Morgan fingerprint density at radius 1 is 1.10 bits per heavy atom. The van der Waals surface area contributed by atoms with Crippen LogP contribution >= 0.6 is 0 Å². The highest BCUT2D eigenvalue weighted by atomic mass is 15.6. The maximum absolute atomic E-state index is 6.05. The number of nitrogens with two attached hydrogens (primary N) is 1. The standard InChI is InChI=1S/C14H18N6/c15-13-4-2-1-3-12(13)14-16-17-18-20(14)11-7-8-19(9-11)10-5-6-10/h1-4,10-11H,5-9,15H2. The SMILES string of the molecule is Nc1ccccc1-c1nnnn1C1CCN(C2CC2)C1. The van der Waals surface area contributed by atoms with Crippen molar-refractivity contribution in [3.63, 3.8) is 0 Å². The fourth-order valence-electron chi connectivity index (χ4n) is 3.06. The Hall–Kier alpha value is -1.95. The third-order valence-corrected chi connectivity index (χ3v) is 4.30. The van der Waals surface area contributed by atoms with E-state index in [0.29, 0.717) is 6.04 Å². The van der Waals surface area contributed by atoms with Gasteiger partial charge in [-0.1, -0.05) is 12.1 Å². The molecule has 1 aromatic carbocycles. The summed E-state index contributed by atoms with van der Waals surface area (Å²) in [6, 6.07) is 8.93. The Bertz CT molecular complexity index is 618. The molecule has 1 saturated heterocycles. The minimum atomic E-state index is 0.361. The fourth-order valence-corrected chi connectivity index (χ4v) is 3.06. The third-order valence-electron chi connectivity index (χ3n) is 4.30. The lowest BCUT2D eigenvalue weighted by atomic mass is 10.1. The zero-order valence-electron chi connectivity index (χ0n) is 11.3. The van der Waals surface area contributed by atoms with Crippen molar-refractivity contribution in [2.24, 2.45) is 0 Å². The van der Waals surface area contributed by atoms with Crippen LogP contribution < -0.4 is 5.73 Å². The molecule has 20 heavy (non-hydrogen) atoms. The number of rotatable bonds is 3. The average Bonchev–Trinajstić information content (AvgIpc) is 3.01. The van der Waals surface area contributed by atoms with Crippen LogP contribution in [0.5, 0.6) is 0 Å². The van der Waals surface area contributed by atoms with Crippen molar-refractivity contribution in [2.45, 2.75) is 31.3 Å². The molecule has 0 amide bonds. The first-order chi connectivity index (χ1) is 9.83. The predicted octanol–water partition coefficient (Wildman–Crippen LogP) is 1.33. The van der Waals surface area contributed by atoms with Crippen molar-refractivity contribution in [3.05, 3.63) is 24.3 Å². The van der Waals surface area contributed by atoms with E-state index in [9.17, 15) is 0 Å². The quantitative estimate of drug-likeness (QED) is 0.852. The summed E-state index contributed by atoms with van der Waals surface area (Å²) in [6.07, 6.45) is 3.81. The van der Waals surface area contributed by atoms with Gasteiger partial charge in [0.25, 0.3) is 0 Å². The number of aromatic nitrogens is 4. The summed E-state index contributed by atoms with van der Waals surface area (Å²) in [5, 5.41) is 12.2. The topological polar surface area (TPSA) is 72.9 Å². The van der Waals surface area contributed by atoms with E-state index in [2.05, 4.69) is 20.4 Å². The third kappa shape index (κ3) is 1.96. The van der Waals surface area contributed by atoms with Crippen LogP contribution in [0, 0.1) is 0 Å². The van der Waals surface area contributed by atoms with Crippen molar-refractivity contribution in [3.8, 4) is 11.4 Å². The van der Waals surface area contributed by atoms with Crippen LogP contribution in [0.2, 0.25) is 0 Å². The van der Waals surface area contributed by atoms with Gasteiger partial charge in [0.1, 0.15) is 0 Å². The molecule has 1 atom stereocenters. The molecule has 2 aromatic rings. The molecule has 0 radical (unpaired) electrons. The van der Waals surface area contributed by atoms with Crippen molar-refractivity contribution in [1.82, 2.24) is 25.1 Å². The van der Waals surface area contributed by atoms with Crippen LogP contribution in [0.25, 0.3) is 11.4 Å². The summed E-state index contributed by atoms with van der Waals surface area (Å²) >= 11 is 0. The number of hydrogen-bond donors (Lipinski definition) is 1. The first kappa shape index (κ1) is 11.8. The maximum Gasteiger partial charge on any atom is 0.184 e. The number of anilines is 1. The summed E-state index contributed by atoms with van der Waals surface area (Å²) in [4.78, 5) is 2.56. The molecule has 0 spiro atoms. The lowest BCUT2D eigenvalue weighted by Crippen LogP contribution is -2.24. The number of benzene rings is 1. The lowest BCUT2D eigenvalue weighted by Gasteiger charge is -2.15. The molecular formula is C14H18N6. The molecule has 1 aliphatic heterocycles. The normalized spacial score (nSPS) is 23.3. The van der Waals surface area contributed by atoms with Gasteiger partial charge in [-0.05, 0) is 41.8 Å². The van der Waals surface area contributed by atoms with Gasteiger partial charge in [-0.15, -0.1) is 5.10 Å². The number of tetrazole rings is 1. The van der Waals surface area contributed by atoms with Crippen molar-refractivity contribution >= 4 is 5.69 Å². The molecule has 6 nitrogen and oxygen atoms in total. The van der Waals surface area contributed by atoms with Crippen LogP contribution in [0.4, 0.5) is 5.69 Å². The zero-order valence-corrected chi connectivity index (χ0v) is 11.3. The summed E-state index contributed by atoms with van der Waals surface area (Å²) in [5.41, 5.74) is 7.69. The molecule has 1 unspecified atom stereocenters. The fraction of sp³-hybridized carbons (Fsp3) is 0.500. The summed E-state index contributed by atoms with van der Waals surface area (Å²) in [6.45, 7) is 2.20. The molecule has 104 valence electrons. The minimum Gasteiger partial charge on any atom is -0.398 e. The van der Waals surface area contributed by atoms with E-state index in [-0.39, 0.29) is 0 Å². The number of nitrogens with zero attached hydrogens (tertiary/aromatic N) is 5. The number of para-hydroxylation sites is 1. The van der Waals surface area contributed by atoms with Gasteiger partial charge < -0.3 is 5.73 Å². The lowest BCUT2D eigenvalue weighted by molar-refractivity contribution is 0.309. The zero-order chi connectivity index (χ0) is 13.5. The van der Waals surface area contributed by atoms with E-state index in [0.717, 1.165) is 42.6 Å². The number of likely N-dealkylation sites (tertiary alicyclic amines) is 1. The van der Waals surface area contributed by atoms with E-state index >= 15 is 0 Å². The largest absolute Gasteiger partial charge is 0.398 e. The highest BCUT2D eigenvalue weighted by Gasteiger charge is 2.36. The molecule has 2 fully saturated rings. The van der Waals surface area contributed by atoms with Gasteiger partial charge in [-0.3, -0.25) is 4.90 Å². The van der Waals surface area contributed by atoms with E-state index in [1.165, 1.54) is 12.8 Å². The molecule has 2 aliphatic rings. The van der Waals surface area contributed by atoms with Crippen molar-refractivity contribution in [2.75, 3.05) is 18.8 Å². The second-order valence-electron chi connectivity index (χ2n) is 5.70. The molecule has 4 rings (SSSR count). The molecule has 1 aliphatic carbocycles. The Morgan fingerprint density at radius 2 is 1.95 bits per heavy atom.